The fraction of sp³-hybridized carbons (Fsp3) is 0.350. The summed E-state index contributed by atoms with van der Waals surface area (Å²) >= 11 is 0. The van der Waals surface area contributed by atoms with Crippen LogP contribution in [-0.2, 0) is 10.9 Å². The molecule has 1 aromatic carbocycles. The number of H-pyrrole nitrogens is 1. The molecule has 2 aromatic heterocycles. The fourth-order valence-electron chi connectivity index (χ4n) is 3.20. The number of aromatic nitrogens is 2. The maximum atomic E-state index is 13.5. The van der Waals surface area contributed by atoms with E-state index in [1.165, 1.54) is 6.07 Å². The van der Waals surface area contributed by atoms with E-state index < -0.39 is 11.7 Å². The van der Waals surface area contributed by atoms with Crippen molar-refractivity contribution in [2.24, 2.45) is 0 Å². The Hall–Kier alpha value is -3.14. The molecule has 3 heterocycles. The van der Waals surface area contributed by atoms with Crippen molar-refractivity contribution in [1.29, 1.82) is 0 Å². The molecule has 0 saturated heterocycles. The summed E-state index contributed by atoms with van der Waals surface area (Å²) in [6, 6.07) is 7.89. The first-order chi connectivity index (χ1) is 14.5. The van der Waals surface area contributed by atoms with Gasteiger partial charge in [-0.25, -0.2) is 4.98 Å². The Kier molecular flexibility index (Phi) is 5.58. The van der Waals surface area contributed by atoms with E-state index in [9.17, 15) is 13.2 Å². The van der Waals surface area contributed by atoms with Gasteiger partial charge >= 0.3 is 6.18 Å². The quantitative estimate of drug-likeness (QED) is 0.493. The molecule has 7 nitrogen and oxygen atoms in total. The number of anilines is 3. The number of alkyl halides is 3. The van der Waals surface area contributed by atoms with Crippen LogP contribution in [0.5, 0.6) is 11.5 Å². The molecule has 30 heavy (non-hydrogen) atoms. The van der Waals surface area contributed by atoms with Gasteiger partial charge in [-0.2, -0.15) is 13.2 Å². The Morgan fingerprint density at radius 1 is 1.27 bits per heavy atom. The first kappa shape index (κ1) is 20.1. The van der Waals surface area contributed by atoms with Crippen molar-refractivity contribution in [2.75, 3.05) is 43.6 Å². The van der Waals surface area contributed by atoms with Crippen LogP contribution in [0.25, 0.3) is 11.0 Å². The van der Waals surface area contributed by atoms with Crippen molar-refractivity contribution in [3.8, 4) is 11.5 Å². The molecule has 0 aliphatic carbocycles. The molecule has 0 bridgehead atoms. The largest absolute Gasteiger partial charge is 0.485 e. The summed E-state index contributed by atoms with van der Waals surface area (Å²) in [7, 11) is 0. The van der Waals surface area contributed by atoms with Gasteiger partial charge in [-0.3, -0.25) is 0 Å². The number of halogens is 3. The molecule has 0 amide bonds. The minimum atomic E-state index is -4.51. The Morgan fingerprint density at radius 2 is 2.10 bits per heavy atom. The van der Waals surface area contributed by atoms with Gasteiger partial charge in [0.25, 0.3) is 0 Å². The van der Waals surface area contributed by atoms with Crippen LogP contribution in [-0.4, -0.2) is 42.9 Å². The number of hydrogen-bond donors (Lipinski definition) is 3. The van der Waals surface area contributed by atoms with Crippen LogP contribution >= 0.6 is 0 Å². The first-order valence-corrected chi connectivity index (χ1v) is 9.45. The SMILES string of the molecule is CCOCCNc1cc(Nc2cc[c]c3c2OCCO3)nc2[nH]cc(C(F)(F)F)c12. The lowest BCUT2D eigenvalue weighted by Gasteiger charge is -2.21. The number of benzene rings is 1. The summed E-state index contributed by atoms with van der Waals surface area (Å²) in [5.41, 5.74) is 0.209. The van der Waals surface area contributed by atoms with Crippen LogP contribution in [0.2, 0.25) is 0 Å². The second-order valence-corrected chi connectivity index (χ2v) is 6.47. The summed E-state index contributed by atoms with van der Waals surface area (Å²) in [6.45, 7) is 3.90. The van der Waals surface area contributed by atoms with E-state index in [2.05, 4.69) is 26.7 Å². The van der Waals surface area contributed by atoms with E-state index in [-0.39, 0.29) is 11.0 Å². The van der Waals surface area contributed by atoms with Gasteiger partial charge < -0.3 is 29.8 Å². The zero-order valence-electron chi connectivity index (χ0n) is 16.2. The molecular formula is C20H20F3N4O3. The molecule has 0 unspecified atom stereocenters. The Labute approximate surface area is 170 Å². The number of rotatable bonds is 7. The van der Waals surface area contributed by atoms with Crippen LogP contribution in [0.15, 0.2) is 24.4 Å². The van der Waals surface area contributed by atoms with Crippen molar-refractivity contribution in [3.63, 3.8) is 0 Å². The van der Waals surface area contributed by atoms with Crippen molar-refractivity contribution in [3.05, 3.63) is 36.0 Å². The number of hydrogen-bond acceptors (Lipinski definition) is 6. The van der Waals surface area contributed by atoms with Gasteiger partial charge in [-0.05, 0) is 19.1 Å². The number of nitrogens with one attached hydrogen (secondary N) is 3. The van der Waals surface area contributed by atoms with Crippen molar-refractivity contribution in [2.45, 2.75) is 13.1 Å². The van der Waals surface area contributed by atoms with E-state index in [1.54, 1.807) is 12.1 Å². The van der Waals surface area contributed by atoms with Crippen LogP contribution < -0.4 is 20.1 Å². The lowest BCUT2D eigenvalue weighted by atomic mass is 10.1. The molecule has 1 radical (unpaired) electrons. The van der Waals surface area contributed by atoms with E-state index in [1.807, 2.05) is 6.92 Å². The molecule has 1 aliphatic heterocycles. The van der Waals surface area contributed by atoms with E-state index >= 15 is 0 Å². The lowest BCUT2D eigenvalue weighted by Crippen LogP contribution is -2.16. The number of fused-ring (bicyclic) bond motifs is 2. The molecule has 1 aliphatic rings. The average molecular weight is 421 g/mol. The first-order valence-electron chi connectivity index (χ1n) is 9.45. The smallest absolute Gasteiger partial charge is 0.418 e. The van der Waals surface area contributed by atoms with Gasteiger partial charge in [-0.1, -0.05) is 0 Å². The maximum absolute atomic E-state index is 13.5. The second-order valence-electron chi connectivity index (χ2n) is 6.47. The number of nitrogens with zero attached hydrogens (tertiary/aromatic N) is 1. The molecule has 3 aromatic rings. The summed E-state index contributed by atoms with van der Waals surface area (Å²) < 4.78 is 56.8. The highest BCUT2D eigenvalue weighted by Crippen LogP contribution is 2.41. The van der Waals surface area contributed by atoms with E-state index in [4.69, 9.17) is 14.2 Å². The molecule has 0 fully saturated rings. The zero-order chi connectivity index (χ0) is 21.1. The molecule has 0 atom stereocenters. The van der Waals surface area contributed by atoms with Crippen LogP contribution in [0.3, 0.4) is 0 Å². The molecule has 0 spiro atoms. The molecule has 10 heteroatoms. The van der Waals surface area contributed by atoms with Crippen molar-refractivity contribution >= 4 is 28.2 Å². The third-order valence-electron chi connectivity index (χ3n) is 4.47. The van der Waals surface area contributed by atoms with Crippen LogP contribution in [0, 0.1) is 6.07 Å². The van der Waals surface area contributed by atoms with Crippen molar-refractivity contribution < 1.29 is 27.4 Å². The molecule has 159 valence electrons. The monoisotopic (exact) mass is 421 g/mol. The Bertz CT molecular complexity index is 1040. The summed E-state index contributed by atoms with van der Waals surface area (Å²) in [4.78, 5) is 6.93. The van der Waals surface area contributed by atoms with Gasteiger partial charge in [0.15, 0.2) is 11.5 Å². The number of ether oxygens (including phenoxy) is 3. The molecule has 3 N–H and O–H groups in total. The predicted octanol–water partition coefficient (Wildman–Crippen LogP) is 4.35. The maximum Gasteiger partial charge on any atom is 0.418 e. The van der Waals surface area contributed by atoms with Gasteiger partial charge in [0.2, 0.25) is 0 Å². The highest BCUT2D eigenvalue weighted by atomic mass is 19.4. The van der Waals surface area contributed by atoms with Gasteiger partial charge in [0, 0.05) is 37.2 Å². The van der Waals surface area contributed by atoms with Gasteiger partial charge in [0.1, 0.15) is 24.7 Å². The normalized spacial score (nSPS) is 13.5. The predicted molar refractivity (Wildman–Crippen MR) is 106 cm³/mol. The average Bonchev–Trinajstić information content (AvgIpc) is 3.16. The van der Waals surface area contributed by atoms with Crippen LogP contribution in [0.4, 0.5) is 30.4 Å². The summed E-state index contributed by atoms with van der Waals surface area (Å²) in [5, 5.41) is 6.11. The fourth-order valence-corrected chi connectivity index (χ4v) is 3.20. The molecule has 0 saturated carbocycles. The minimum absolute atomic E-state index is 0.0208. The third-order valence-corrected chi connectivity index (χ3v) is 4.47. The number of pyridine rings is 1. The van der Waals surface area contributed by atoms with Crippen LogP contribution in [0.1, 0.15) is 12.5 Å². The van der Waals surface area contributed by atoms with Gasteiger partial charge in [0.05, 0.1) is 23.2 Å². The highest BCUT2D eigenvalue weighted by molar-refractivity contribution is 5.95. The minimum Gasteiger partial charge on any atom is -0.485 e. The lowest BCUT2D eigenvalue weighted by molar-refractivity contribution is -0.136. The topological polar surface area (TPSA) is 80.4 Å². The Balaban J connectivity index is 1.71. The van der Waals surface area contributed by atoms with Gasteiger partial charge in [-0.15, -0.1) is 0 Å². The molecular weight excluding hydrogens is 401 g/mol. The standard InChI is InChI=1S/C20H20F3N4O3/c1-2-28-7-6-24-14-10-16(27-19-17(14)12(11-25-19)20(21,22)23)26-13-4-3-5-15-18(13)30-9-8-29-15/h3-4,10-11H,2,6-9H2,1H3,(H3,24,25,26,27). The zero-order valence-corrected chi connectivity index (χ0v) is 16.2. The highest BCUT2D eigenvalue weighted by Gasteiger charge is 2.35. The second kappa shape index (κ2) is 8.31. The number of aromatic amines is 1. The van der Waals surface area contributed by atoms with E-state index in [0.29, 0.717) is 61.7 Å². The summed E-state index contributed by atoms with van der Waals surface area (Å²) in [6.07, 6.45) is -3.59. The third kappa shape index (κ3) is 4.09. The summed E-state index contributed by atoms with van der Waals surface area (Å²) in [5.74, 6) is 1.31. The molecule has 4 rings (SSSR count). The van der Waals surface area contributed by atoms with Crippen molar-refractivity contribution in [1.82, 2.24) is 9.97 Å². The Morgan fingerprint density at radius 3 is 2.90 bits per heavy atom. The van der Waals surface area contributed by atoms with E-state index in [0.717, 1.165) is 6.20 Å².